The summed E-state index contributed by atoms with van der Waals surface area (Å²) in [5, 5.41) is 7.12. The van der Waals surface area contributed by atoms with Crippen molar-refractivity contribution in [1.29, 1.82) is 0 Å². The molecule has 0 saturated carbocycles. The summed E-state index contributed by atoms with van der Waals surface area (Å²) in [7, 11) is 3.94. The van der Waals surface area contributed by atoms with Crippen molar-refractivity contribution < 1.29 is 4.74 Å². The highest BCUT2D eigenvalue weighted by Gasteiger charge is 2.39. The number of hydrogen-bond donors (Lipinski definition) is 2. The van der Waals surface area contributed by atoms with Gasteiger partial charge in [-0.15, -0.1) is 0 Å². The maximum atomic E-state index is 5.25. The molecule has 29 heavy (non-hydrogen) atoms. The molecule has 2 aliphatic rings. The molecule has 0 bridgehead atoms. The van der Waals surface area contributed by atoms with Gasteiger partial charge < -0.3 is 20.3 Å². The molecule has 1 aromatic carbocycles. The van der Waals surface area contributed by atoms with Crippen LogP contribution in [0.15, 0.2) is 29.3 Å². The third-order valence-electron chi connectivity index (χ3n) is 6.45. The van der Waals surface area contributed by atoms with Gasteiger partial charge in [-0.3, -0.25) is 4.90 Å². The van der Waals surface area contributed by atoms with Crippen molar-refractivity contribution in [3.05, 3.63) is 29.8 Å². The first-order valence-corrected chi connectivity index (χ1v) is 11.2. The second-order valence-corrected chi connectivity index (χ2v) is 8.47. The Balaban J connectivity index is 1.65. The average Bonchev–Trinajstić information content (AvgIpc) is 2.78. The van der Waals surface area contributed by atoms with Crippen LogP contribution in [0.5, 0.6) is 5.75 Å². The molecular weight excluding hydrogens is 362 g/mol. The van der Waals surface area contributed by atoms with E-state index < -0.39 is 0 Å². The van der Waals surface area contributed by atoms with Gasteiger partial charge in [0.25, 0.3) is 0 Å². The number of hydrogen-bond acceptors (Lipinski definition) is 4. The highest BCUT2D eigenvalue weighted by molar-refractivity contribution is 5.79. The van der Waals surface area contributed by atoms with Crippen LogP contribution in [0.4, 0.5) is 0 Å². The number of aliphatic imine (C=N–C) groups is 1. The third kappa shape index (κ3) is 6.09. The maximum absolute atomic E-state index is 5.25. The first-order chi connectivity index (χ1) is 14.1. The van der Waals surface area contributed by atoms with Gasteiger partial charge >= 0.3 is 0 Å². The van der Waals surface area contributed by atoms with Crippen molar-refractivity contribution >= 4 is 5.96 Å². The molecule has 2 aliphatic heterocycles. The molecule has 162 valence electrons. The zero-order valence-corrected chi connectivity index (χ0v) is 18.5. The van der Waals surface area contributed by atoms with E-state index in [4.69, 9.17) is 9.73 Å². The van der Waals surface area contributed by atoms with Gasteiger partial charge in [-0.25, -0.2) is 4.99 Å². The minimum Gasteiger partial charge on any atom is -0.497 e. The SMILES string of the molecule is CCNC(=NCc1ccc(OC)cc1)NCC1(N2CCCCC2)CCN(C)CC1. The fourth-order valence-electron chi connectivity index (χ4n) is 4.50. The summed E-state index contributed by atoms with van der Waals surface area (Å²) in [6.45, 7) is 9.47. The van der Waals surface area contributed by atoms with Gasteiger partial charge in [0.2, 0.25) is 0 Å². The van der Waals surface area contributed by atoms with E-state index in [0.29, 0.717) is 6.54 Å². The third-order valence-corrected chi connectivity index (χ3v) is 6.45. The van der Waals surface area contributed by atoms with Gasteiger partial charge in [0.05, 0.1) is 13.7 Å². The first-order valence-electron chi connectivity index (χ1n) is 11.2. The van der Waals surface area contributed by atoms with Crippen LogP contribution in [0.2, 0.25) is 0 Å². The Bertz CT molecular complexity index is 631. The van der Waals surface area contributed by atoms with Crippen LogP contribution in [-0.4, -0.2) is 74.7 Å². The van der Waals surface area contributed by atoms with Crippen molar-refractivity contribution in [3.8, 4) is 5.75 Å². The van der Waals surface area contributed by atoms with Gasteiger partial charge in [-0.1, -0.05) is 18.6 Å². The van der Waals surface area contributed by atoms with E-state index in [1.54, 1.807) is 7.11 Å². The second-order valence-electron chi connectivity index (χ2n) is 8.47. The summed E-state index contributed by atoms with van der Waals surface area (Å²) in [4.78, 5) is 10.1. The van der Waals surface area contributed by atoms with E-state index in [-0.39, 0.29) is 5.54 Å². The Labute approximate surface area is 176 Å². The predicted octanol–water partition coefficient (Wildman–Crippen LogP) is 2.70. The lowest BCUT2D eigenvalue weighted by atomic mass is 9.84. The van der Waals surface area contributed by atoms with Crippen LogP contribution in [-0.2, 0) is 6.54 Å². The molecule has 0 unspecified atom stereocenters. The molecule has 6 nitrogen and oxygen atoms in total. The van der Waals surface area contributed by atoms with Crippen LogP contribution in [0, 0.1) is 0 Å². The molecule has 2 N–H and O–H groups in total. The van der Waals surface area contributed by atoms with Crippen LogP contribution in [0.1, 0.15) is 44.6 Å². The second kappa shape index (κ2) is 10.8. The lowest BCUT2D eigenvalue weighted by Crippen LogP contribution is -2.62. The Hall–Kier alpha value is -1.79. The summed E-state index contributed by atoms with van der Waals surface area (Å²) in [6, 6.07) is 8.15. The number of piperidine rings is 2. The summed E-state index contributed by atoms with van der Waals surface area (Å²) in [5.41, 5.74) is 1.44. The van der Waals surface area contributed by atoms with Crippen molar-refractivity contribution in [2.45, 2.75) is 51.1 Å². The van der Waals surface area contributed by atoms with Gasteiger partial charge in [-0.05, 0) is 83.5 Å². The lowest BCUT2D eigenvalue weighted by molar-refractivity contribution is 0.0173. The Morgan fingerprint density at radius 3 is 2.34 bits per heavy atom. The van der Waals surface area contributed by atoms with Crippen LogP contribution >= 0.6 is 0 Å². The van der Waals surface area contributed by atoms with E-state index in [0.717, 1.165) is 24.8 Å². The molecule has 0 atom stereocenters. The lowest BCUT2D eigenvalue weighted by Gasteiger charge is -2.50. The van der Waals surface area contributed by atoms with Crippen molar-refractivity contribution in [1.82, 2.24) is 20.4 Å². The summed E-state index contributed by atoms with van der Waals surface area (Å²) >= 11 is 0. The maximum Gasteiger partial charge on any atom is 0.191 e. The molecule has 0 aliphatic carbocycles. The van der Waals surface area contributed by atoms with Crippen molar-refractivity contribution in [2.75, 3.05) is 53.4 Å². The topological polar surface area (TPSA) is 52.1 Å². The minimum atomic E-state index is 0.253. The van der Waals surface area contributed by atoms with Crippen LogP contribution in [0.3, 0.4) is 0 Å². The highest BCUT2D eigenvalue weighted by atomic mass is 16.5. The molecule has 6 heteroatoms. The van der Waals surface area contributed by atoms with Gasteiger partial charge in [0.15, 0.2) is 5.96 Å². The molecule has 1 aromatic rings. The highest BCUT2D eigenvalue weighted by Crippen LogP contribution is 2.30. The van der Waals surface area contributed by atoms with E-state index in [1.165, 1.54) is 63.8 Å². The molecule has 0 amide bonds. The summed E-state index contributed by atoms with van der Waals surface area (Å²) in [5.74, 6) is 1.80. The Morgan fingerprint density at radius 1 is 1.03 bits per heavy atom. The zero-order valence-electron chi connectivity index (χ0n) is 18.5. The quantitative estimate of drug-likeness (QED) is 0.543. The molecule has 2 fully saturated rings. The number of likely N-dealkylation sites (tertiary alicyclic amines) is 2. The molecule has 3 rings (SSSR count). The summed E-state index contributed by atoms with van der Waals surface area (Å²) < 4.78 is 5.25. The fraction of sp³-hybridized carbons (Fsp3) is 0.696. The monoisotopic (exact) mass is 401 g/mol. The molecular formula is C23H39N5O. The number of nitrogens with one attached hydrogen (secondary N) is 2. The Kier molecular flexibility index (Phi) is 8.19. The van der Waals surface area contributed by atoms with E-state index in [1.807, 2.05) is 12.1 Å². The van der Waals surface area contributed by atoms with Gasteiger partial charge in [0, 0.05) is 18.6 Å². The van der Waals surface area contributed by atoms with E-state index in [9.17, 15) is 0 Å². The Morgan fingerprint density at radius 2 is 1.72 bits per heavy atom. The standard InChI is InChI=1S/C23H39N5O/c1-4-24-22(25-18-20-8-10-21(29-3)11-9-20)26-19-23(12-16-27(2)17-13-23)28-14-6-5-7-15-28/h8-11H,4-7,12-19H2,1-3H3,(H2,24,25,26). The first kappa shape index (κ1) is 21.9. The van der Waals surface area contributed by atoms with E-state index in [2.05, 4.69) is 46.5 Å². The zero-order chi connectivity index (χ0) is 20.5. The number of guanidine groups is 1. The van der Waals surface area contributed by atoms with Crippen LogP contribution < -0.4 is 15.4 Å². The largest absolute Gasteiger partial charge is 0.497 e. The molecule has 0 radical (unpaired) electrons. The number of rotatable bonds is 7. The number of nitrogens with zero attached hydrogens (tertiary/aromatic N) is 3. The molecule has 2 saturated heterocycles. The smallest absolute Gasteiger partial charge is 0.191 e. The molecule has 2 heterocycles. The molecule has 0 spiro atoms. The number of ether oxygens (including phenoxy) is 1. The normalized spacial score (nSPS) is 21.0. The fourth-order valence-corrected chi connectivity index (χ4v) is 4.50. The van der Waals surface area contributed by atoms with Gasteiger partial charge in [-0.2, -0.15) is 0 Å². The van der Waals surface area contributed by atoms with Crippen molar-refractivity contribution in [3.63, 3.8) is 0 Å². The molecule has 0 aromatic heterocycles. The van der Waals surface area contributed by atoms with Crippen molar-refractivity contribution in [2.24, 2.45) is 4.99 Å². The predicted molar refractivity (Wildman–Crippen MR) is 121 cm³/mol. The van der Waals surface area contributed by atoms with Gasteiger partial charge in [0.1, 0.15) is 5.75 Å². The van der Waals surface area contributed by atoms with Crippen LogP contribution in [0.25, 0.3) is 0 Å². The number of benzene rings is 1. The summed E-state index contributed by atoms with van der Waals surface area (Å²) in [6.07, 6.45) is 6.51. The number of methoxy groups -OCH3 is 1. The average molecular weight is 402 g/mol. The van der Waals surface area contributed by atoms with E-state index >= 15 is 0 Å². The minimum absolute atomic E-state index is 0.253.